The third-order valence-corrected chi connectivity index (χ3v) is 2.83. The van der Waals surface area contributed by atoms with E-state index >= 15 is 0 Å². The predicted molar refractivity (Wildman–Crippen MR) is 73.7 cm³/mol. The smallest absolute Gasteiger partial charge is 0.0210 e. The summed E-state index contributed by atoms with van der Waals surface area (Å²) in [5.74, 6) is 0. The molecular weight excluding hydrogens is 194 g/mol. The normalized spacial score (nSPS) is 9.88. The minimum absolute atomic E-state index is 0.662. The van der Waals surface area contributed by atoms with Crippen LogP contribution in [-0.4, -0.2) is 6.04 Å². The van der Waals surface area contributed by atoms with E-state index in [0.29, 0.717) is 6.04 Å². The monoisotopic (exact) mass is 221 g/mol. The molecule has 0 saturated heterocycles. The summed E-state index contributed by atoms with van der Waals surface area (Å²) in [6, 6.07) is 9.23. The van der Waals surface area contributed by atoms with Crippen molar-refractivity contribution in [3.05, 3.63) is 35.4 Å². The Morgan fingerprint density at radius 3 is 2.12 bits per heavy atom. The van der Waals surface area contributed by atoms with Crippen molar-refractivity contribution in [1.82, 2.24) is 5.32 Å². The van der Waals surface area contributed by atoms with E-state index in [1.54, 1.807) is 0 Å². The van der Waals surface area contributed by atoms with E-state index in [4.69, 9.17) is 0 Å². The van der Waals surface area contributed by atoms with Gasteiger partial charge in [-0.1, -0.05) is 52.0 Å². The third-order valence-electron chi connectivity index (χ3n) is 2.83. The summed E-state index contributed by atoms with van der Waals surface area (Å²) in [5.41, 5.74) is 2.80. The Hall–Kier alpha value is -0.820. The summed E-state index contributed by atoms with van der Waals surface area (Å²) in [4.78, 5) is 0. The van der Waals surface area contributed by atoms with Crippen LogP contribution in [0.25, 0.3) is 0 Å². The number of benzene rings is 1. The lowest BCUT2D eigenvalue weighted by molar-refractivity contribution is 0.483. The Balaban J connectivity index is 0.00000106. The molecule has 0 aliphatic rings. The van der Waals surface area contributed by atoms with Crippen molar-refractivity contribution in [3.8, 4) is 0 Å². The lowest BCUT2D eigenvalue weighted by Gasteiger charge is -2.15. The molecule has 1 heteroatoms. The van der Waals surface area contributed by atoms with Gasteiger partial charge < -0.3 is 5.32 Å². The van der Waals surface area contributed by atoms with Gasteiger partial charge in [-0.3, -0.25) is 0 Å². The van der Waals surface area contributed by atoms with Crippen LogP contribution in [0.2, 0.25) is 0 Å². The van der Waals surface area contributed by atoms with Gasteiger partial charge in [0.1, 0.15) is 0 Å². The lowest BCUT2D eigenvalue weighted by Crippen LogP contribution is -2.27. The van der Waals surface area contributed by atoms with Gasteiger partial charge >= 0.3 is 0 Å². The van der Waals surface area contributed by atoms with E-state index in [0.717, 1.165) is 6.54 Å². The molecule has 0 bridgehead atoms. The summed E-state index contributed by atoms with van der Waals surface area (Å²) >= 11 is 0. The van der Waals surface area contributed by atoms with Crippen LogP contribution in [0.1, 0.15) is 51.7 Å². The summed E-state index contributed by atoms with van der Waals surface area (Å²) < 4.78 is 0. The fourth-order valence-corrected chi connectivity index (χ4v) is 1.64. The quantitative estimate of drug-likeness (QED) is 0.781. The Morgan fingerprint density at radius 1 is 1.06 bits per heavy atom. The number of rotatable bonds is 5. The van der Waals surface area contributed by atoms with Crippen LogP contribution in [0.5, 0.6) is 0 Å². The van der Waals surface area contributed by atoms with Gasteiger partial charge in [0.25, 0.3) is 0 Å². The van der Waals surface area contributed by atoms with Crippen molar-refractivity contribution in [3.63, 3.8) is 0 Å². The van der Waals surface area contributed by atoms with Crippen molar-refractivity contribution in [1.29, 1.82) is 0 Å². The molecule has 0 amide bonds. The second kappa shape index (κ2) is 9.41. The molecule has 0 aliphatic heterocycles. The predicted octanol–water partition coefficient (Wildman–Crippen LogP) is 4.30. The first-order valence-electron chi connectivity index (χ1n) is 6.55. The number of nitrogens with one attached hydrogen (secondary N) is 1. The molecule has 0 radical (unpaired) electrons. The SMILES string of the molecule is CC.CCC(CC)NCc1ccccc1C. The Kier molecular flexibility index (Phi) is 8.93. The van der Waals surface area contributed by atoms with E-state index in [1.165, 1.54) is 24.0 Å². The minimum Gasteiger partial charge on any atom is -0.310 e. The van der Waals surface area contributed by atoms with Crippen LogP contribution < -0.4 is 5.32 Å². The van der Waals surface area contributed by atoms with Crippen LogP contribution in [0.15, 0.2) is 24.3 Å². The number of aryl methyl sites for hydroxylation is 1. The molecule has 1 N–H and O–H groups in total. The average molecular weight is 221 g/mol. The van der Waals surface area contributed by atoms with Crippen molar-refractivity contribution in [2.24, 2.45) is 0 Å². The topological polar surface area (TPSA) is 12.0 Å². The second-order valence-corrected chi connectivity index (χ2v) is 3.82. The summed E-state index contributed by atoms with van der Waals surface area (Å²) in [6.45, 7) is 11.6. The van der Waals surface area contributed by atoms with Crippen LogP contribution in [0.4, 0.5) is 0 Å². The molecule has 92 valence electrons. The van der Waals surface area contributed by atoms with Gasteiger partial charge in [0.05, 0.1) is 0 Å². The number of hydrogen-bond donors (Lipinski definition) is 1. The molecule has 0 saturated carbocycles. The molecule has 0 unspecified atom stereocenters. The molecular formula is C15H27N. The first-order valence-corrected chi connectivity index (χ1v) is 6.55. The molecule has 1 nitrogen and oxygen atoms in total. The zero-order valence-corrected chi connectivity index (χ0v) is 11.5. The molecule has 0 aliphatic carbocycles. The van der Waals surface area contributed by atoms with Gasteiger partial charge in [-0.05, 0) is 30.9 Å². The van der Waals surface area contributed by atoms with Gasteiger partial charge in [0, 0.05) is 12.6 Å². The van der Waals surface area contributed by atoms with Gasteiger partial charge in [-0.2, -0.15) is 0 Å². The van der Waals surface area contributed by atoms with Crippen molar-refractivity contribution >= 4 is 0 Å². The van der Waals surface area contributed by atoms with E-state index < -0.39 is 0 Å². The van der Waals surface area contributed by atoms with Gasteiger partial charge in [0.15, 0.2) is 0 Å². The van der Waals surface area contributed by atoms with E-state index in [-0.39, 0.29) is 0 Å². The fourth-order valence-electron chi connectivity index (χ4n) is 1.64. The second-order valence-electron chi connectivity index (χ2n) is 3.82. The molecule has 0 heterocycles. The van der Waals surface area contributed by atoms with Crippen molar-refractivity contribution in [2.75, 3.05) is 0 Å². The maximum absolute atomic E-state index is 3.58. The number of hydrogen-bond acceptors (Lipinski definition) is 1. The molecule has 0 fully saturated rings. The fraction of sp³-hybridized carbons (Fsp3) is 0.600. The lowest BCUT2D eigenvalue weighted by atomic mass is 10.1. The zero-order valence-electron chi connectivity index (χ0n) is 11.5. The van der Waals surface area contributed by atoms with E-state index in [1.807, 2.05) is 13.8 Å². The summed E-state index contributed by atoms with van der Waals surface area (Å²) in [6.07, 6.45) is 2.42. The maximum atomic E-state index is 3.58. The van der Waals surface area contributed by atoms with Gasteiger partial charge in [-0.25, -0.2) is 0 Å². The van der Waals surface area contributed by atoms with Crippen LogP contribution in [0.3, 0.4) is 0 Å². The average Bonchev–Trinajstić information content (AvgIpc) is 2.35. The van der Waals surface area contributed by atoms with Crippen LogP contribution >= 0.6 is 0 Å². The molecule has 16 heavy (non-hydrogen) atoms. The third kappa shape index (κ3) is 5.32. The Labute approximate surface area is 101 Å². The Bertz CT molecular complexity index is 264. The maximum Gasteiger partial charge on any atom is 0.0210 e. The molecule has 1 aromatic rings. The molecule has 1 rings (SSSR count). The van der Waals surface area contributed by atoms with E-state index in [2.05, 4.69) is 50.4 Å². The van der Waals surface area contributed by atoms with E-state index in [9.17, 15) is 0 Å². The van der Waals surface area contributed by atoms with Crippen LogP contribution in [0, 0.1) is 6.92 Å². The standard InChI is InChI=1S/C13H21N.C2H6/c1-4-13(5-2)14-10-12-9-7-6-8-11(12)3;1-2/h6-9,13-14H,4-5,10H2,1-3H3;1-2H3. The zero-order chi connectivity index (χ0) is 12.4. The highest BCUT2D eigenvalue weighted by Crippen LogP contribution is 2.07. The van der Waals surface area contributed by atoms with Crippen molar-refractivity contribution < 1.29 is 0 Å². The van der Waals surface area contributed by atoms with Crippen LogP contribution in [-0.2, 0) is 6.54 Å². The highest BCUT2D eigenvalue weighted by Gasteiger charge is 2.02. The summed E-state index contributed by atoms with van der Waals surface area (Å²) in [5, 5.41) is 3.58. The van der Waals surface area contributed by atoms with Crippen molar-refractivity contribution in [2.45, 2.75) is 60.0 Å². The first-order chi connectivity index (χ1) is 7.77. The Morgan fingerprint density at radius 2 is 1.62 bits per heavy atom. The molecule has 0 aromatic heterocycles. The largest absolute Gasteiger partial charge is 0.310 e. The molecule has 0 spiro atoms. The summed E-state index contributed by atoms with van der Waals surface area (Å²) in [7, 11) is 0. The highest BCUT2D eigenvalue weighted by atomic mass is 14.9. The molecule has 1 aromatic carbocycles. The van der Waals surface area contributed by atoms with Gasteiger partial charge in [-0.15, -0.1) is 0 Å². The highest BCUT2D eigenvalue weighted by molar-refractivity contribution is 5.25. The first kappa shape index (κ1) is 15.2. The van der Waals surface area contributed by atoms with Gasteiger partial charge in [0.2, 0.25) is 0 Å². The molecule has 0 atom stereocenters. The minimum atomic E-state index is 0.662.